The number of benzene rings is 1. The Bertz CT molecular complexity index is 748. The molecule has 0 spiro atoms. The molecule has 2 aromatic rings. The molecule has 0 radical (unpaired) electrons. The third kappa shape index (κ3) is 5.17. The van der Waals surface area contributed by atoms with E-state index in [-0.39, 0.29) is 12.5 Å². The van der Waals surface area contributed by atoms with Gasteiger partial charge in [-0.2, -0.15) is 5.26 Å². The molecule has 1 aromatic heterocycles. The molecule has 0 bridgehead atoms. The largest absolute Gasteiger partial charge is 0.463 e. The summed E-state index contributed by atoms with van der Waals surface area (Å²) in [5.74, 6) is -0.526. The van der Waals surface area contributed by atoms with E-state index in [4.69, 9.17) is 19.3 Å². The van der Waals surface area contributed by atoms with E-state index >= 15 is 0 Å². The zero-order valence-electron chi connectivity index (χ0n) is 12.2. The van der Waals surface area contributed by atoms with Crippen LogP contribution in [0.15, 0.2) is 34.9 Å². The van der Waals surface area contributed by atoms with Crippen molar-refractivity contribution in [2.75, 3.05) is 18.5 Å². The summed E-state index contributed by atoms with van der Waals surface area (Å²) in [4.78, 5) is 23.1. The number of nitrogens with one attached hydrogen (secondary N) is 1. The Kier molecular flexibility index (Phi) is 5.30. The summed E-state index contributed by atoms with van der Waals surface area (Å²) in [7, 11) is 0. The number of hydrogen-bond acceptors (Lipinski definition) is 7. The summed E-state index contributed by atoms with van der Waals surface area (Å²) in [5.41, 5.74) is 0.857. The minimum atomic E-state index is -0.716. The van der Waals surface area contributed by atoms with E-state index in [0.29, 0.717) is 17.0 Å². The van der Waals surface area contributed by atoms with Gasteiger partial charge >= 0.3 is 5.97 Å². The molecular weight excluding hydrogens is 302 g/mol. The number of aryl methyl sites for hydroxylation is 1. The van der Waals surface area contributed by atoms with E-state index in [2.05, 4.69) is 10.5 Å². The second-order valence-corrected chi connectivity index (χ2v) is 4.47. The highest BCUT2D eigenvalue weighted by atomic mass is 16.6. The molecule has 0 saturated carbocycles. The lowest BCUT2D eigenvalue weighted by Crippen LogP contribution is -2.23. The highest BCUT2D eigenvalue weighted by Gasteiger charge is 2.10. The standard InChI is InChI=1S/C15H13N3O5/c1-10-5-14(18-23-10)21-9-15(20)22-8-13(19)17-12-4-2-3-11(6-12)7-16/h2-6H,8-9H2,1H3,(H,17,19). The molecule has 2 rings (SSSR count). The van der Waals surface area contributed by atoms with Gasteiger partial charge in [-0.3, -0.25) is 4.79 Å². The maximum absolute atomic E-state index is 11.7. The van der Waals surface area contributed by atoms with Crippen molar-refractivity contribution in [1.29, 1.82) is 5.26 Å². The average molecular weight is 315 g/mol. The molecule has 1 N–H and O–H groups in total. The van der Waals surface area contributed by atoms with Gasteiger partial charge in [-0.05, 0) is 30.3 Å². The number of hydrogen-bond donors (Lipinski definition) is 1. The van der Waals surface area contributed by atoms with Crippen LogP contribution < -0.4 is 10.1 Å². The molecule has 8 heteroatoms. The summed E-state index contributed by atoms with van der Waals surface area (Å²) < 4.78 is 14.6. The van der Waals surface area contributed by atoms with Crippen LogP contribution in [0.5, 0.6) is 5.88 Å². The average Bonchev–Trinajstić information content (AvgIpc) is 2.96. The van der Waals surface area contributed by atoms with E-state index < -0.39 is 18.5 Å². The molecule has 0 aliphatic carbocycles. The predicted octanol–water partition coefficient (Wildman–Crippen LogP) is 1.42. The van der Waals surface area contributed by atoms with E-state index in [9.17, 15) is 9.59 Å². The van der Waals surface area contributed by atoms with Crippen molar-refractivity contribution in [3.63, 3.8) is 0 Å². The lowest BCUT2D eigenvalue weighted by atomic mass is 10.2. The number of rotatable bonds is 6. The first-order valence-electron chi connectivity index (χ1n) is 6.58. The molecule has 118 valence electrons. The van der Waals surface area contributed by atoms with E-state index in [0.717, 1.165) is 0 Å². The number of amides is 1. The van der Waals surface area contributed by atoms with Crippen molar-refractivity contribution >= 4 is 17.6 Å². The van der Waals surface area contributed by atoms with Crippen LogP contribution in [0.3, 0.4) is 0 Å². The van der Waals surface area contributed by atoms with Crippen LogP contribution in [-0.4, -0.2) is 30.2 Å². The first-order valence-corrected chi connectivity index (χ1v) is 6.58. The Balaban J connectivity index is 1.73. The first-order chi connectivity index (χ1) is 11.1. The molecule has 23 heavy (non-hydrogen) atoms. The van der Waals surface area contributed by atoms with Crippen molar-refractivity contribution < 1.29 is 23.6 Å². The van der Waals surface area contributed by atoms with Gasteiger partial charge in [0.25, 0.3) is 11.8 Å². The normalized spacial score (nSPS) is 9.74. The Morgan fingerprint density at radius 3 is 2.87 bits per heavy atom. The number of carbonyl (C=O) groups is 2. The van der Waals surface area contributed by atoms with Crippen molar-refractivity contribution in [3.05, 3.63) is 41.7 Å². The van der Waals surface area contributed by atoms with Gasteiger partial charge in [-0.25, -0.2) is 4.79 Å². The van der Waals surface area contributed by atoms with Crippen LogP contribution in [0.2, 0.25) is 0 Å². The molecule has 1 heterocycles. The summed E-state index contributed by atoms with van der Waals surface area (Å²) in [5, 5.41) is 14.8. The molecule has 0 fully saturated rings. The summed E-state index contributed by atoms with van der Waals surface area (Å²) in [6.45, 7) is 0.837. The third-order valence-corrected chi connectivity index (χ3v) is 2.58. The number of nitriles is 1. The molecule has 0 unspecified atom stereocenters. The van der Waals surface area contributed by atoms with Gasteiger partial charge in [-0.1, -0.05) is 6.07 Å². The molecule has 0 saturated heterocycles. The number of aromatic nitrogens is 1. The number of esters is 1. The van der Waals surface area contributed by atoms with E-state index in [1.165, 1.54) is 12.1 Å². The fourth-order valence-corrected chi connectivity index (χ4v) is 1.60. The molecular formula is C15H13N3O5. The molecule has 1 amide bonds. The monoisotopic (exact) mass is 315 g/mol. The maximum Gasteiger partial charge on any atom is 0.344 e. The first kappa shape index (κ1) is 16.0. The van der Waals surface area contributed by atoms with Crippen LogP contribution in [-0.2, 0) is 14.3 Å². The van der Waals surface area contributed by atoms with Crippen molar-refractivity contribution in [2.24, 2.45) is 0 Å². The number of carbonyl (C=O) groups excluding carboxylic acids is 2. The van der Waals surface area contributed by atoms with Gasteiger partial charge < -0.3 is 19.3 Å². The zero-order valence-corrected chi connectivity index (χ0v) is 12.2. The number of ether oxygens (including phenoxy) is 2. The number of nitrogens with zero attached hydrogens (tertiary/aromatic N) is 2. The van der Waals surface area contributed by atoms with Crippen LogP contribution >= 0.6 is 0 Å². The number of anilines is 1. The fraction of sp³-hybridized carbons (Fsp3) is 0.200. The highest BCUT2D eigenvalue weighted by Crippen LogP contribution is 2.10. The predicted molar refractivity (Wildman–Crippen MR) is 77.5 cm³/mol. The van der Waals surface area contributed by atoms with Gasteiger partial charge in [0.15, 0.2) is 13.2 Å². The minimum Gasteiger partial charge on any atom is -0.463 e. The van der Waals surface area contributed by atoms with Crippen LogP contribution in [0.4, 0.5) is 5.69 Å². The molecule has 1 aromatic carbocycles. The zero-order chi connectivity index (χ0) is 16.7. The van der Waals surface area contributed by atoms with E-state index in [1.807, 2.05) is 6.07 Å². The van der Waals surface area contributed by atoms with E-state index in [1.54, 1.807) is 25.1 Å². The van der Waals surface area contributed by atoms with Crippen molar-refractivity contribution in [2.45, 2.75) is 6.92 Å². The topological polar surface area (TPSA) is 114 Å². The van der Waals surface area contributed by atoms with Gasteiger partial charge in [0.2, 0.25) is 0 Å². The summed E-state index contributed by atoms with van der Waals surface area (Å²) in [6.07, 6.45) is 0. The minimum absolute atomic E-state index is 0.164. The van der Waals surface area contributed by atoms with Gasteiger partial charge in [-0.15, -0.1) is 0 Å². The van der Waals surface area contributed by atoms with Crippen LogP contribution in [0, 0.1) is 18.3 Å². The molecule has 0 atom stereocenters. The Hall–Kier alpha value is -3.34. The van der Waals surface area contributed by atoms with Gasteiger partial charge in [0.1, 0.15) is 5.76 Å². The molecule has 0 aliphatic heterocycles. The van der Waals surface area contributed by atoms with Crippen molar-refractivity contribution in [3.8, 4) is 11.9 Å². The molecule has 8 nitrogen and oxygen atoms in total. The Morgan fingerprint density at radius 2 is 2.17 bits per heavy atom. The quantitative estimate of drug-likeness (QED) is 0.801. The fourth-order valence-electron chi connectivity index (χ4n) is 1.60. The van der Waals surface area contributed by atoms with Gasteiger partial charge in [0, 0.05) is 11.8 Å². The smallest absolute Gasteiger partial charge is 0.344 e. The van der Waals surface area contributed by atoms with Crippen molar-refractivity contribution in [1.82, 2.24) is 5.16 Å². The SMILES string of the molecule is Cc1cc(OCC(=O)OCC(=O)Nc2cccc(C#N)c2)no1. The molecule has 0 aliphatic rings. The second kappa shape index (κ2) is 7.61. The summed E-state index contributed by atoms with van der Waals surface area (Å²) in [6, 6.07) is 9.85. The van der Waals surface area contributed by atoms with Crippen LogP contribution in [0.25, 0.3) is 0 Å². The Morgan fingerprint density at radius 1 is 1.35 bits per heavy atom. The highest BCUT2D eigenvalue weighted by molar-refractivity contribution is 5.93. The second-order valence-electron chi connectivity index (χ2n) is 4.47. The third-order valence-electron chi connectivity index (χ3n) is 2.58. The lowest BCUT2D eigenvalue weighted by molar-refractivity contribution is -0.149. The lowest BCUT2D eigenvalue weighted by Gasteiger charge is -2.07. The maximum atomic E-state index is 11.7. The Labute approximate surface area is 131 Å². The van der Waals surface area contributed by atoms with Crippen LogP contribution in [0.1, 0.15) is 11.3 Å². The van der Waals surface area contributed by atoms with Gasteiger partial charge in [0.05, 0.1) is 11.6 Å². The summed E-state index contributed by atoms with van der Waals surface area (Å²) >= 11 is 0.